The van der Waals surface area contributed by atoms with Gasteiger partial charge in [0, 0.05) is 74.0 Å². The number of carbonyl (C=O) groups excluding carboxylic acids is 2. The number of aryl methyl sites for hydroxylation is 1. The van der Waals surface area contributed by atoms with Crippen molar-refractivity contribution in [1.29, 1.82) is 0 Å². The number of nitrogens with zero attached hydrogens (tertiary/aromatic N) is 2. The van der Waals surface area contributed by atoms with E-state index in [-0.39, 0.29) is 28.7 Å². The molecule has 5 aliphatic rings. The number of benzene rings is 3. The van der Waals surface area contributed by atoms with Crippen molar-refractivity contribution in [3.8, 4) is 5.75 Å². The number of ether oxygens (including phenoxy) is 2. The van der Waals surface area contributed by atoms with E-state index in [1.54, 1.807) is 32.2 Å². The molecule has 2 N–H and O–H groups in total. The van der Waals surface area contributed by atoms with Gasteiger partial charge in [0.15, 0.2) is 6.29 Å². The maximum Gasteiger partial charge on any atom is 0.264 e. The third-order valence-corrected chi connectivity index (χ3v) is 15.1. The van der Waals surface area contributed by atoms with Crippen molar-refractivity contribution < 1.29 is 27.5 Å². The smallest absolute Gasteiger partial charge is 0.264 e. The third kappa shape index (κ3) is 8.24. The van der Waals surface area contributed by atoms with Crippen molar-refractivity contribution in [3.05, 3.63) is 101 Å². The summed E-state index contributed by atoms with van der Waals surface area (Å²) in [4.78, 5) is 30.8. The Labute approximate surface area is 337 Å². The van der Waals surface area contributed by atoms with Crippen molar-refractivity contribution in [2.45, 2.75) is 68.6 Å². The van der Waals surface area contributed by atoms with Crippen LogP contribution in [-0.4, -0.2) is 84.4 Å². The molecule has 0 unspecified atom stereocenters. The highest BCUT2D eigenvalue weighted by Crippen LogP contribution is 2.48. The van der Waals surface area contributed by atoms with Crippen LogP contribution in [0.4, 0.5) is 11.4 Å². The number of hydrogen-bond acceptors (Lipinski definition) is 9. The van der Waals surface area contributed by atoms with Crippen LogP contribution < -0.4 is 24.6 Å². The van der Waals surface area contributed by atoms with E-state index in [0.29, 0.717) is 36.9 Å². The van der Waals surface area contributed by atoms with E-state index >= 15 is 0 Å². The number of methoxy groups -OCH3 is 1. The number of rotatable bonds is 3. The van der Waals surface area contributed by atoms with Gasteiger partial charge in [0.25, 0.3) is 5.91 Å². The van der Waals surface area contributed by atoms with Gasteiger partial charge in [-0.15, -0.1) is 0 Å². The largest absolute Gasteiger partial charge is 0.490 e. The summed E-state index contributed by atoms with van der Waals surface area (Å²) in [6, 6.07) is 21.9. The average Bonchev–Trinajstić information content (AvgIpc) is 3.35. The number of allylic oxidation sites excluding steroid dienone is 1. The van der Waals surface area contributed by atoms with Crippen LogP contribution in [0.3, 0.4) is 0 Å². The van der Waals surface area contributed by atoms with E-state index in [1.807, 2.05) is 25.1 Å². The van der Waals surface area contributed by atoms with E-state index in [9.17, 15) is 18.0 Å². The number of piperazine rings is 1. The molecule has 1 spiro atoms. The number of nitrogens with one attached hydrogen (secondary N) is 2. The van der Waals surface area contributed by atoms with Crippen molar-refractivity contribution >= 4 is 45.2 Å². The van der Waals surface area contributed by atoms with Gasteiger partial charge in [-0.1, -0.05) is 48.9 Å². The van der Waals surface area contributed by atoms with Gasteiger partial charge in [-0.3, -0.25) is 9.59 Å². The van der Waals surface area contributed by atoms with E-state index in [0.717, 1.165) is 70.3 Å². The van der Waals surface area contributed by atoms with Crippen molar-refractivity contribution in [3.63, 3.8) is 0 Å². The molecule has 10 nitrogen and oxygen atoms in total. The predicted molar refractivity (Wildman–Crippen MR) is 223 cm³/mol. The summed E-state index contributed by atoms with van der Waals surface area (Å²) in [6.45, 7) is 9.64. The maximum absolute atomic E-state index is 13.4. The van der Waals surface area contributed by atoms with Crippen LogP contribution >= 0.6 is 11.6 Å². The molecular formula is C44H55ClN4O6S. The number of hydrogen-bond donors (Lipinski definition) is 2. The number of amides is 1. The molecule has 3 aromatic carbocycles. The quantitative estimate of drug-likeness (QED) is 0.224. The first-order valence-electron chi connectivity index (χ1n) is 20.0. The molecule has 3 aliphatic heterocycles. The molecule has 0 aromatic heterocycles. The SMILES string of the molecule is CO[C@@]1(C=O)/C=C/C[C@H](C)[C@@H](C)S(=O)(=O)NC(=O)c2ccc3c(c2)N(C[C@@H]2CC[C@H]21)C[C@@]1(CCCc2cc(Cl)ccc21)CO3.c1ccc(N2CCNCC2)cc1. The molecule has 1 saturated carbocycles. The van der Waals surface area contributed by atoms with E-state index in [1.165, 1.54) is 16.8 Å². The lowest BCUT2D eigenvalue weighted by Gasteiger charge is -2.48. The second-order valence-corrected chi connectivity index (χ2v) is 18.7. The topological polar surface area (TPSA) is 117 Å². The summed E-state index contributed by atoms with van der Waals surface area (Å²) < 4.78 is 41.3. The predicted octanol–water partition coefficient (Wildman–Crippen LogP) is 6.56. The minimum Gasteiger partial charge on any atom is -0.490 e. The summed E-state index contributed by atoms with van der Waals surface area (Å²) in [6.07, 6.45) is 9.65. The first-order valence-corrected chi connectivity index (χ1v) is 22.0. The van der Waals surface area contributed by atoms with Crippen LogP contribution in [0.25, 0.3) is 0 Å². The number of carbonyl (C=O) groups is 2. The fraction of sp³-hybridized carbons (Fsp3) is 0.500. The normalized spacial score (nSPS) is 30.5. The second-order valence-electron chi connectivity index (χ2n) is 16.3. The van der Waals surface area contributed by atoms with Gasteiger partial charge < -0.3 is 24.6 Å². The molecule has 1 saturated heterocycles. The monoisotopic (exact) mass is 802 g/mol. The van der Waals surface area contributed by atoms with Gasteiger partial charge in [0.1, 0.15) is 11.4 Å². The van der Waals surface area contributed by atoms with Crippen LogP contribution in [0.5, 0.6) is 5.75 Å². The van der Waals surface area contributed by atoms with Gasteiger partial charge in [0.2, 0.25) is 10.0 Å². The molecule has 6 atom stereocenters. The Hall–Kier alpha value is -3.90. The summed E-state index contributed by atoms with van der Waals surface area (Å²) >= 11 is 6.40. The van der Waals surface area contributed by atoms with Gasteiger partial charge in [-0.25, -0.2) is 13.1 Å². The Kier molecular flexibility index (Phi) is 12.2. The molecule has 56 heavy (non-hydrogen) atoms. The first kappa shape index (κ1) is 40.3. The molecule has 3 heterocycles. The molecule has 300 valence electrons. The summed E-state index contributed by atoms with van der Waals surface area (Å²) in [5, 5.41) is 3.22. The zero-order valence-electron chi connectivity index (χ0n) is 32.7. The zero-order valence-corrected chi connectivity index (χ0v) is 34.3. The van der Waals surface area contributed by atoms with Gasteiger partial charge >= 0.3 is 0 Å². The van der Waals surface area contributed by atoms with Gasteiger partial charge in [-0.05, 0) is 117 Å². The van der Waals surface area contributed by atoms with Crippen LogP contribution in [0.15, 0.2) is 78.9 Å². The van der Waals surface area contributed by atoms with Gasteiger partial charge in [-0.2, -0.15) is 0 Å². The lowest BCUT2D eigenvalue weighted by atomic mass is 9.64. The summed E-state index contributed by atoms with van der Waals surface area (Å²) in [5.41, 5.74) is 3.39. The molecule has 2 aliphatic carbocycles. The molecule has 12 heteroatoms. The van der Waals surface area contributed by atoms with Gasteiger partial charge in [0.05, 0.1) is 17.5 Å². The number of sulfonamides is 1. The van der Waals surface area contributed by atoms with E-state index < -0.39 is 26.8 Å². The zero-order chi connectivity index (χ0) is 39.5. The first-order chi connectivity index (χ1) is 27.0. The Morgan fingerprint density at radius 3 is 2.50 bits per heavy atom. The van der Waals surface area contributed by atoms with Crippen molar-refractivity contribution in [1.82, 2.24) is 10.0 Å². The van der Waals surface area contributed by atoms with Crippen LogP contribution in [0, 0.1) is 17.8 Å². The molecule has 0 radical (unpaired) electrons. The maximum atomic E-state index is 13.4. The fourth-order valence-electron chi connectivity index (χ4n) is 9.25. The fourth-order valence-corrected chi connectivity index (χ4v) is 10.7. The second kappa shape index (κ2) is 16.9. The minimum absolute atomic E-state index is 0.0434. The highest BCUT2D eigenvalue weighted by atomic mass is 35.5. The van der Waals surface area contributed by atoms with E-state index in [2.05, 4.69) is 62.3 Å². The molecule has 8 rings (SSSR count). The van der Waals surface area contributed by atoms with Crippen molar-refractivity contribution in [2.75, 3.05) is 62.8 Å². The average molecular weight is 803 g/mol. The molecule has 1 amide bonds. The summed E-state index contributed by atoms with van der Waals surface area (Å²) in [5.74, 6) is -0.203. The molecule has 2 bridgehead atoms. The van der Waals surface area contributed by atoms with Crippen molar-refractivity contribution in [2.24, 2.45) is 17.8 Å². The third-order valence-electron chi connectivity index (χ3n) is 12.9. The molecule has 3 aromatic rings. The van der Waals surface area contributed by atoms with E-state index in [4.69, 9.17) is 21.1 Å². The standard InChI is InChI=1S/C34H41ClN2O6S.C10H14N2/c1-22-6-4-15-34(20-38,42-3)29-11-8-26(29)18-37-19-33(14-5-7-24-16-27(35)10-12-28(24)33)21-43-31-13-9-25(17-30(31)37)32(39)36-44(40,41)23(22)2;1-2-4-10(5-3-1)12-8-6-11-7-9-12/h4,9-10,12-13,15-17,20,22-23,26,29H,5-8,11,14,18-19,21H2,1-3H3,(H,36,39);1-5,11H,6-9H2/b15-4+;/t22-,23+,26-,29+,33-,34+;/m0./s1. The Morgan fingerprint density at radius 2 is 1.79 bits per heavy atom. The Morgan fingerprint density at radius 1 is 1.00 bits per heavy atom. The number of fused-ring (bicyclic) bond motifs is 4. The number of halogens is 1. The molecular weight excluding hydrogens is 748 g/mol. The van der Waals surface area contributed by atoms with Crippen LogP contribution in [-0.2, 0) is 31.4 Å². The lowest BCUT2D eigenvalue weighted by molar-refractivity contribution is -0.135. The lowest BCUT2D eigenvalue weighted by Crippen LogP contribution is -2.53. The Balaban J connectivity index is 0.000000339. The highest BCUT2D eigenvalue weighted by molar-refractivity contribution is 7.90. The number of aldehydes is 1. The summed E-state index contributed by atoms with van der Waals surface area (Å²) in [7, 11) is -2.41. The van der Waals surface area contributed by atoms with Crippen LogP contribution in [0.2, 0.25) is 5.02 Å². The number of para-hydroxylation sites is 1. The number of anilines is 2. The minimum atomic E-state index is -3.97. The Bertz CT molecular complexity index is 2020. The van der Waals surface area contributed by atoms with Crippen LogP contribution in [0.1, 0.15) is 67.4 Å². The highest BCUT2D eigenvalue weighted by Gasteiger charge is 2.49. The molecule has 2 fully saturated rings.